The maximum absolute atomic E-state index is 12.4. The smallest absolute Gasteiger partial charge is 0.286 e. The monoisotopic (exact) mass is 419 g/mol. The number of piperazine rings is 1. The molecule has 1 fully saturated rings. The zero-order chi connectivity index (χ0) is 20.8. The molecular formula is C24H25N3O2S. The number of aliphatic imine (C=N–C) groups is 1. The molecular weight excluding hydrogens is 394 g/mol. The van der Waals surface area contributed by atoms with Crippen LogP contribution in [0.1, 0.15) is 11.1 Å². The van der Waals surface area contributed by atoms with Crippen LogP contribution < -0.4 is 4.74 Å². The average Bonchev–Trinajstić information content (AvgIpc) is 3.14. The molecule has 0 saturated carbocycles. The summed E-state index contributed by atoms with van der Waals surface area (Å²) in [4.78, 5) is 22.0. The van der Waals surface area contributed by atoms with Crippen LogP contribution in [0.3, 0.4) is 0 Å². The van der Waals surface area contributed by atoms with Crippen molar-refractivity contribution in [3.63, 3.8) is 0 Å². The van der Waals surface area contributed by atoms with Gasteiger partial charge in [-0.25, -0.2) is 0 Å². The minimum Gasteiger partial charge on any atom is -0.490 e. The van der Waals surface area contributed by atoms with Crippen molar-refractivity contribution in [2.24, 2.45) is 4.99 Å². The zero-order valence-electron chi connectivity index (χ0n) is 16.9. The van der Waals surface area contributed by atoms with Gasteiger partial charge in [-0.05, 0) is 41.1 Å². The van der Waals surface area contributed by atoms with Crippen LogP contribution in [0.4, 0.5) is 0 Å². The van der Waals surface area contributed by atoms with Gasteiger partial charge in [0.25, 0.3) is 5.91 Å². The first-order chi connectivity index (χ1) is 14.7. The number of amidine groups is 1. The third-order valence-electron chi connectivity index (χ3n) is 5.05. The van der Waals surface area contributed by atoms with Crippen LogP contribution >= 0.6 is 11.8 Å². The summed E-state index contributed by atoms with van der Waals surface area (Å²) in [5.74, 6) is 0.626. The molecule has 154 valence electrons. The summed E-state index contributed by atoms with van der Waals surface area (Å²) < 4.78 is 5.50. The van der Waals surface area contributed by atoms with E-state index in [0.717, 1.165) is 49.2 Å². The van der Waals surface area contributed by atoms with E-state index in [2.05, 4.69) is 45.6 Å². The standard InChI is InChI=1S/C24H25N3O2S/c1-2-16-29-21-10-8-19(9-11-21)17-22-23(28)25-24(30-22)27-14-12-26(13-15-27)18-20-6-4-3-5-7-20/h2-11,17H,1,12-16,18H2/b22-17-. The Morgan fingerprint density at radius 3 is 2.47 bits per heavy atom. The lowest BCUT2D eigenvalue weighted by atomic mass is 10.2. The molecule has 30 heavy (non-hydrogen) atoms. The summed E-state index contributed by atoms with van der Waals surface area (Å²) in [6, 6.07) is 18.2. The minimum atomic E-state index is -0.159. The number of hydrogen-bond acceptors (Lipinski definition) is 5. The summed E-state index contributed by atoms with van der Waals surface area (Å²) >= 11 is 1.47. The van der Waals surface area contributed by atoms with Crippen molar-refractivity contribution in [3.8, 4) is 5.75 Å². The Bertz CT molecular complexity index is 946. The summed E-state index contributed by atoms with van der Waals surface area (Å²) in [6.07, 6.45) is 3.61. The second-order valence-corrected chi connectivity index (χ2v) is 8.24. The van der Waals surface area contributed by atoms with Gasteiger partial charge in [0.15, 0.2) is 5.17 Å². The Labute approximate surface area is 181 Å². The number of ether oxygens (including phenoxy) is 1. The second-order valence-electron chi connectivity index (χ2n) is 7.23. The Kier molecular flexibility index (Phi) is 6.67. The normalized spacial score (nSPS) is 18.5. The van der Waals surface area contributed by atoms with Gasteiger partial charge in [0.2, 0.25) is 0 Å². The van der Waals surface area contributed by atoms with Crippen LogP contribution in [0.2, 0.25) is 0 Å². The largest absolute Gasteiger partial charge is 0.490 e. The van der Waals surface area contributed by atoms with E-state index in [1.54, 1.807) is 6.08 Å². The van der Waals surface area contributed by atoms with Crippen LogP contribution in [0.15, 0.2) is 77.1 Å². The number of amides is 1. The number of benzene rings is 2. The zero-order valence-corrected chi connectivity index (χ0v) is 17.7. The molecule has 0 aliphatic carbocycles. The molecule has 2 heterocycles. The first kappa shape index (κ1) is 20.4. The highest BCUT2D eigenvalue weighted by atomic mass is 32.2. The lowest BCUT2D eigenvalue weighted by Gasteiger charge is -2.35. The Hall–Kier alpha value is -2.83. The van der Waals surface area contributed by atoms with Gasteiger partial charge in [0.05, 0.1) is 4.91 Å². The van der Waals surface area contributed by atoms with E-state index in [9.17, 15) is 4.79 Å². The minimum absolute atomic E-state index is 0.159. The third kappa shape index (κ3) is 5.20. The predicted molar refractivity (Wildman–Crippen MR) is 123 cm³/mol. The number of carbonyl (C=O) groups is 1. The van der Waals surface area contributed by atoms with Crippen LogP contribution in [-0.2, 0) is 11.3 Å². The molecule has 1 saturated heterocycles. The fourth-order valence-electron chi connectivity index (χ4n) is 3.44. The van der Waals surface area contributed by atoms with E-state index < -0.39 is 0 Å². The van der Waals surface area contributed by atoms with E-state index in [1.807, 2.05) is 36.4 Å². The van der Waals surface area contributed by atoms with Crippen molar-refractivity contribution in [1.29, 1.82) is 0 Å². The number of carbonyl (C=O) groups excluding carboxylic acids is 1. The number of thioether (sulfide) groups is 1. The molecule has 0 atom stereocenters. The van der Waals surface area contributed by atoms with Gasteiger partial charge < -0.3 is 9.64 Å². The Morgan fingerprint density at radius 1 is 1.03 bits per heavy atom. The molecule has 0 aromatic heterocycles. The van der Waals surface area contributed by atoms with E-state index >= 15 is 0 Å². The number of rotatable bonds is 6. The SMILES string of the molecule is C=CCOc1ccc(/C=C2\SC(N3CCN(Cc4ccccc4)CC3)=NC2=O)cc1. The predicted octanol–water partition coefficient (Wildman–Crippen LogP) is 4.04. The third-order valence-corrected chi connectivity index (χ3v) is 6.09. The summed E-state index contributed by atoms with van der Waals surface area (Å²) in [7, 11) is 0. The lowest BCUT2D eigenvalue weighted by Crippen LogP contribution is -2.47. The van der Waals surface area contributed by atoms with E-state index in [4.69, 9.17) is 4.74 Å². The van der Waals surface area contributed by atoms with E-state index in [0.29, 0.717) is 11.5 Å². The van der Waals surface area contributed by atoms with Gasteiger partial charge in [0.1, 0.15) is 12.4 Å². The van der Waals surface area contributed by atoms with Gasteiger partial charge in [-0.15, -0.1) is 0 Å². The van der Waals surface area contributed by atoms with Crippen LogP contribution in [-0.4, -0.2) is 53.7 Å². The maximum atomic E-state index is 12.4. The topological polar surface area (TPSA) is 45.1 Å². The molecule has 5 nitrogen and oxygen atoms in total. The number of hydrogen-bond donors (Lipinski definition) is 0. The van der Waals surface area contributed by atoms with Crippen molar-refractivity contribution in [2.75, 3.05) is 32.8 Å². The molecule has 0 bridgehead atoms. The molecule has 1 amide bonds. The van der Waals surface area contributed by atoms with Gasteiger partial charge in [-0.2, -0.15) is 4.99 Å². The molecule has 6 heteroatoms. The van der Waals surface area contributed by atoms with Gasteiger partial charge in [-0.3, -0.25) is 9.69 Å². The van der Waals surface area contributed by atoms with Crippen molar-refractivity contribution in [3.05, 3.63) is 83.3 Å². The molecule has 0 radical (unpaired) electrons. The average molecular weight is 420 g/mol. The summed E-state index contributed by atoms with van der Waals surface area (Å²) in [5, 5.41) is 0.816. The van der Waals surface area contributed by atoms with Crippen molar-refractivity contribution < 1.29 is 9.53 Å². The molecule has 2 aliphatic rings. The van der Waals surface area contributed by atoms with Gasteiger partial charge in [-0.1, -0.05) is 55.1 Å². The Balaban J connectivity index is 1.32. The molecule has 2 aromatic rings. The molecule has 0 N–H and O–H groups in total. The van der Waals surface area contributed by atoms with Crippen molar-refractivity contribution in [1.82, 2.24) is 9.80 Å². The fourth-order valence-corrected chi connectivity index (χ4v) is 4.40. The molecule has 4 rings (SSSR count). The first-order valence-corrected chi connectivity index (χ1v) is 10.9. The fraction of sp³-hybridized carbons (Fsp3) is 0.250. The van der Waals surface area contributed by atoms with Gasteiger partial charge in [0, 0.05) is 32.7 Å². The van der Waals surface area contributed by atoms with Crippen molar-refractivity contribution in [2.45, 2.75) is 6.54 Å². The lowest BCUT2D eigenvalue weighted by molar-refractivity contribution is -0.113. The van der Waals surface area contributed by atoms with Gasteiger partial charge >= 0.3 is 0 Å². The van der Waals surface area contributed by atoms with Crippen LogP contribution in [0.5, 0.6) is 5.75 Å². The maximum Gasteiger partial charge on any atom is 0.286 e. The summed E-state index contributed by atoms with van der Waals surface area (Å²) in [5.41, 5.74) is 2.29. The highest BCUT2D eigenvalue weighted by Gasteiger charge is 2.28. The van der Waals surface area contributed by atoms with E-state index in [-0.39, 0.29) is 5.91 Å². The molecule has 2 aromatic carbocycles. The highest BCUT2D eigenvalue weighted by Crippen LogP contribution is 2.31. The molecule has 0 spiro atoms. The quantitative estimate of drug-likeness (QED) is 0.522. The van der Waals surface area contributed by atoms with Crippen LogP contribution in [0, 0.1) is 0 Å². The first-order valence-electron chi connectivity index (χ1n) is 10.1. The summed E-state index contributed by atoms with van der Waals surface area (Å²) in [6.45, 7) is 8.78. The van der Waals surface area contributed by atoms with Crippen molar-refractivity contribution >= 4 is 28.9 Å². The molecule has 0 unspecified atom stereocenters. The van der Waals surface area contributed by atoms with E-state index in [1.165, 1.54) is 17.3 Å². The highest BCUT2D eigenvalue weighted by molar-refractivity contribution is 8.18. The van der Waals surface area contributed by atoms with Crippen LogP contribution in [0.25, 0.3) is 6.08 Å². The second kappa shape index (κ2) is 9.78. The number of nitrogens with zero attached hydrogens (tertiary/aromatic N) is 3. The molecule has 2 aliphatic heterocycles. The Morgan fingerprint density at radius 2 is 1.77 bits per heavy atom.